The molecular formula is C12H23NO. The van der Waals surface area contributed by atoms with Crippen molar-refractivity contribution in [1.82, 2.24) is 4.90 Å². The molecule has 0 N–H and O–H groups in total. The van der Waals surface area contributed by atoms with Crippen molar-refractivity contribution in [3.05, 3.63) is 0 Å². The van der Waals surface area contributed by atoms with Crippen LogP contribution >= 0.6 is 0 Å². The van der Waals surface area contributed by atoms with Gasteiger partial charge < -0.3 is 4.90 Å². The van der Waals surface area contributed by atoms with Crippen molar-refractivity contribution >= 4 is 5.78 Å². The summed E-state index contributed by atoms with van der Waals surface area (Å²) in [7, 11) is 2.16. The van der Waals surface area contributed by atoms with E-state index in [4.69, 9.17) is 0 Å². The van der Waals surface area contributed by atoms with Crippen LogP contribution in [0.5, 0.6) is 0 Å². The van der Waals surface area contributed by atoms with Gasteiger partial charge in [-0.05, 0) is 32.7 Å². The molecule has 0 amide bonds. The summed E-state index contributed by atoms with van der Waals surface area (Å²) in [6.45, 7) is 4.95. The number of hydrogen-bond donors (Lipinski definition) is 0. The van der Waals surface area contributed by atoms with E-state index >= 15 is 0 Å². The number of Topliss-reactive ketones (excluding diaryl/α,β-unsaturated/α-hetero) is 1. The third-order valence-electron chi connectivity index (χ3n) is 3.35. The first-order valence-electron chi connectivity index (χ1n) is 5.79. The van der Waals surface area contributed by atoms with Gasteiger partial charge in [0.15, 0.2) is 0 Å². The van der Waals surface area contributed by atoms with E-state index in [1.165, 1.54) is 25.7 Å². The van der Waals surface area contributed by atoms with Gasteiger partial charge in [-0.1, -0.05) is 19.8 Å². The Morgan fingerprint density at radius 1 is 1.43 bits per heavy atom. The van der Waals surface area contributed by atoms with Crippen LogP contribution in [-0.2, 0) is 4.79 Å². The number of ketones is 1. The molecule has 1 rings (SSSR count). The van der Waals surface area contributed by atoms with Crippen LogP contribution in [0, 0.1) is 5.92 Å². The molecule has 0 aromatic carbocycles. The summed E-state index contributed by atoms with van der Waals surface area (Å²) in [4.78, 5) is 13.2. The van der Waals surface area contributed by atoms with E-state index in [0.717, 1.165) is 18.5 Å². The minimum atomic E-state index is 0.306. The molecule has 1 aliphatic rings. The summed E-state index contributed by atoms with van der Waals surface area (Å²) in [5.74, 6) is 1.18. The first kappa shape index (κ1) is 11.7. The highest BCUT2D eigenvalue weighted by Gasteiger charge is 2.21. The highest BCUT2D eigenvalue weighted by molar-refractivity contribution is 5.75. The van der Waals surface area contributed by atoms with Crippen LogP contribution in [0.4, 0.5) is 0 Å². The molecule has 0 saturated heterocycles. The van der Waals surface area contributed by atoms with Crippen molar-refractivity contribution < 1.29 is 4.79 Å². The zero-order valence-electron chi connectivity index (χ0n) is 9.75. The van der Waals surface area contributed by atoms with Crippen LogP contribution < -0.4 is 0 Å². The van der Waals surface area contributed by atoms with Gasteiger partial charge in [0.1, 0.15) is 5.78 Å². The molecule has 0 heterocycles. The standard InChI is InChI=1S/C12H23NO/c1-10-5-4-6-12(9-10)13(3)8-7-11(2)14/h10,12H,4-9H2,1-3H3. The zero-order chi connectivity index (χ0) is 10.6. The lowest BCUT2D eigenvalue weighted by Gasteiger charge is -2.34. The van der Waals surface area contributed by atoms with E-state index in [1.807, 2.05) is 0 Å². The summed E-state index contributed by atoms with van der Waals surface area (Å²) in [6.07, 6.45) is 6.09. The molecule has 2 unspecified atom stereocenters. The van der Waals surface area contributed by atoms with Gasteiger partial charge in [0.25, 0.3) is 0 Å². The molecule has 1 saturated carbocycles. The second kappa shape index (κ2) is 5.50. The average Bonchev–Trinajstić information content (AvgIpc) is 2.14. The number of carbonyl (C=O) groups is 1. The monoisotopic (exact) mass is 197 g/mol. The summed E-state index contributed by atoms with van der Waals surface area (Å²) in [6, 6.07) is 0.720. The van der Waals surface area contributed by atoms with Crippen LogP contribution in [0.3, 0.4) is 0 Å². The minimum Gasteiger partial charge on any atom is -0.303 e. The first-order valence-corrected chi connectivity index (χ1v) is 5.79. The van der Waals surface area contributed by atoms with Crippen LogP contribution in [0.2, 0.25) is 0 Å². The SMILES string of the molecule is CC(=O)CCN(C)C1CCCC(C)C1. The van der Waals surface area contributed by atoms with Crippen molar-refractivity contribution in [1.29, 1.82) is 0 Å². The third kappa shape index (κ3) is 3.79. The summed E-state index contributed by atoms with van der Waals surface area (Å²) in [5.41, 5.74) is 0. The molecule has 0 aliphatic heterocycles. The predicted octanol–water partition coefficient (Wildman–Crippen LogP) is 2.48. The van der Waals surface area contributed by atoms with Crippen molar-refractivity contribution in [3.63, 3.8) is 0 Å². The molecule has 0 radical (unpaired) electrons. The maximum atomic E-state index is 10.9. The summed E-state index contributed by atoms with van der Waals surface area (Å²) < 4.78 is 0. The smallest absolute Gasteiger partial charge is 0.131 e. The molecule has 0 aromatic rings. The average molecular weight is 197 g/mol. The van der Waals surface area contributed by atoms with Crippen LogP contribution in [0.25, 0.3) is 0 Å². The van der Waals surface area contributed by atoms with Crippen molar-refractivity contribution in [2.75, 3.05) is 13.6 Å². The van der Waals surface area contributed by atoms with Gasteiger partial charge >= 0.3 is 0 Å². The van der Waals surface area contributed by atoms with Crippen molar-refractivity contribution in [3.8, 4) is 0 Å². The van der Waals surface area contributed by atoms with Crippen LogP contribution in [0.1, 0.15) is 46.0 Å². The predicted molar refractivity (Wildman–Crippen MR) is 59.3 cm³/mol. The van der Waals surface area contributed by atoms with Gasteiger partial charge in [0.2, 0.25) is 0 Å². The van der Waals surface area contributed by atoms with E-state index in [-0.39, 0.29) is 0 Å². The van der Waals surface area contributed by atoms with Gasteiger partial charge in [-0.3, -0.25) is 4.79 Å². The van der Waals surface area contributed by atoms with Gasteiger partial charge in [0.05, 0.1) is 0 Å². The number of nitrogens with zero attached hydrogens (tertiary/aromatic N) is 1. The summed E-state index contributed by atoms with van der Waals surface area (Å²) >= 11 is 0. The highest BCUT2D eigenvalue weighted by atomic mass is 16.1. The number of carbonyl (C=O) groups excluding carboxylic acids is 1. The molecule has 1 fully saturated rings. The van der Waals surface area contributed by atoms with Crippen molar-refractivity contribution in [2.45, 2.75) is 52.0 Å². The van der Waals surface area contributed by atoms with Gasteiger partial charge in [-0.15, -0.1) is 0 Å². The van der Waals surface area contributed by atoms with E-state index in [1.54, 1.807) is 6.92 Å². The third-order valence-corrected chi connectivity index (χ3v) is 3.35. The fourth-order valence-electron chi connectivity index (χ4n) is 2.32. The lowest BCUT2D eigenvalue weighted by molar-refractivity contribution is -0.117. The first-order chi connectivity index (χ1) is 6.59. The molecule has 0 aromatic heterocycles. The minimum absolute atomic E-state index is 0.306. The maximum Gasteiger partial charge on any atom is 0.131 e. The molecule has 2 atom stereocenters. The van der Waals surface area contributed by atoms with Crippen molar-refractivity contribution in [2.24, 2.45) is 5.92 Å². The van der Waals surface area contributed by atoms with E-state index in [0.29, 0.717) is 12.2 Å². The lowest BCUT2D eigenvalue weighted by atomic mass is 9.86. The van der Waals surface area contributed by atoms with Crippen LogP contribution in [0.15, 0.2) is 0 Å². The maximum absolute atomic E-state index is 10.9. The lowest BCUT2D eigenvalue weighted by Crippen LogP contribution is -2.36. The largest absolute Gasteiger partial charge is 0.303 e. The number of hydrogen-bond acceptors (Lipinski definition) is 2. The molecule has 0 bridgehead atoms. The topological polar surface area (TPSA) is 20.3 Å². The second-order valence-electron chi connectivity index (χ2n) is 4.86. The molecule has 2 heteroatoms. The van der Waals surface area contributed by atoms with Gasteiger partial charge in [-0.25, -0.2) is 0 Å². The zero-order valence-corrected chi connectivity index (χ0v) is 9.75. The van der Waals surface area contributed by atoms with E-state index < -0.39 is 0 Å². The Morgan fingerprint density at radius 3 is 2.71 bits per heavy atom. The molecule has 14 heavy (non-hydrogen) atoms. The van der Waals surface area contributed by atoms with E-state index in [9.17, 15) is 4.79 Å². The fraction of sp³-hybridized carbons (Fsp3) is 0.917. The van der Waals surface area contributed by atoms with Gasteiger partial charge in [0, 0.05) is 19.0 Å². The van der Waals surface area contributed by atoms with E-state index in [2.05, 4.69) is 18.9 Å². The normalized spacial score (nSPS) is 28.0. The Bertz CT molecular complexity index is 191. The molecule has 82 valence electrons. The summed E-state index contributed by atoms with van der Waals surface area (Å²) in [5, 5.41) is 0. The molecule has 0 spiro atoms. The Labute approximate surface area is 87.7 Å². The Kier molecular flexibility index (Phi) is 4.59. The number of rotatable bonds is 4. The fourth-order valence-corrected chi connectivity index (χ4v) is 2.32. The second-order valence-corrected chi connectivity index (χ2v) is 4.86. The highest BCUT2D eigenvalue weighted by Crippen LogP contribution is 2.26. The van der Waals surface area contributed by atoms with Crippen LogP contribution in [-0.4, -0.2) is 30.3 Å². The molecule has 1 aliphatic carbocycles. The Balaban J connectivity index is 2.28. The quantitative estimate of drug-likeness (QED) is 0.690. The molecule has 2 nitrogen and oxygen atoms in total. The Morgan fingerprint density at radius 2 is 2.14 bits per heavy atom. The van der Waals surface area contributed by atoms with Gasteiger partial charge in [-0.2, -0.15) is 0 Å². The molecular weight excluding hydrogens is 174 g/mol. The Hall–Kier alpha value is -0.370.